The Labute approximate surface area is 146 Å². The summed E-state index contributed by atoms with van der Waals surface area (Å²) >= 11 is 5.97. The summed E-state index contributed by atoms with van der Waals surface area (Å²) in [5, 5.41) is 3.12. The van der Waals surface area contributed by atoms with E-state index in [0.717, 1.165) is 31.4 Å². The summed E-state index contributed by atoms with van der Waals surface area (Å²) in [5.74, 6) is -1.84. The van der Waals surface area contributed by atoms with Crippen molar-refractivity contribution < 1.29 is 13.6 Å². The van der Waals surface area contributed by atoms with Crippen molar-refractivity contribution >= 4 is 17.5 Å². The van der Waals surface area contributed by atoms with Gasteiger partial charge < -0.3 is 5.32 Å². The van der Waals surface area contributed by atoms with Crippen LogP contribution in [0.25, 0.3) is 0 Å². The molecule has 0 saturated heterocycles. The minimum absolute atomic E-state index is 0.0154. The summed E-state index contributed by atoms with van der Waals surface area (Å²) < 4.78 is 26.8. The first-order valence-corrected chi connectivity index (χ1v) is 8.96. The first kappa shape index (κ1) is 16.3. The normalized spacial score (nSPS) is 40.0. The molecule has 4 saturated carbocycles. The van der Waals surface area contributed by atoms with Gasteiger partial charge in [-0.1, -0.05) is 25.4 Å². The van der Waals surface area contributed by atoms with Gasteiger partial charge in [0.2, 0.25) is 0 Å². The molecule has 1 aromatic rings. The van der Waals surface area contributed by atoms with Gasteiger partial charge in [0.1, 0.15) is 0 Å². The predicted octanol–water partition coefficient (Wildman–Crippen LogP) is 5.10. The van der Waals surface area contributed by atoms with Crippen LogP contribution in [0.1, 0.15) is 62.7 Å². The molecule has 4 fully saturated rings. The van der Waals surface area contributed by atoms with E-state index in [4.69, 9.17) is 11.6 Å². The van der Waals surface area contributed by atoms with Crippen LogP contribution in [-0.2, 0) is 0 Å². The summed E-state index contributed by atoms with van der Waals surface area (Å²) in [6.45, 7) is 4.64. The van der Waals surface area contributed by atoms with Crippen LogP contribution in [0.15, 0.2) is 12.1 Å². The van der Waals surface area contributed by atoms with Crippen molar-refractivity contribution in [1.29, 1.82) is 0 Å². The van der Waals surface area contributed by atoms with E-state index in [1.165, 1.54) is 19.3 Å². The summed E-state index contributed by atoms with van der Waals surface area (Å²) in [4.78, 5) is 12.7. The standard InChI is InChI=1S/C19H22ClF2NO/c1-17-5-11-6-18(2,8-17)10-19(7-11,9-17)23-16(24)12-3-14(21)15(22)4-13(12)20/h3-4,11H,5-10H2,1-2H3,(H,23,24). The van der Waals surface area contributed by atoms with Crippen molar-refractivity contribution in [1.82, 2.24) is 5.32 Å². The van der Waals surface area contributed by atoms with Crippen LogP contribution >= 0.6 is 11.6 Å². The van der Waals surface area contributed by atoms with Crippen LogP contribution in [0.2, 0.25) is 5.02 Å². The molecule has 0 heterocycles. The van der Waals surface area contributed by atoms with Crippen molar-refractivity contribution in [2.45, 2.75) is 57.9 Å². The lowest BCUT2D eigenvalue weighted by Gasteiger charge is -2.65. The van der Waals surface area contributed by atoms with E-state index >= 15 is 0 Å². The molecule has 4 aliphatic rings. The number of rotatable bonds is 2. The fraction of sp³-hybridized carbons (Fsp3) is 0.632. The zero-order valence-electron chi connectivity index (χ0n) is 14.0. The predicted molar refractivity (Wildman–Crippen MR) is 89.0 cm³/mol. The van der Waals surface area contributed by atoms with Crippen LogP contribution in [0, 0.1) is 28.4 Å². The molecule has 0 aliphatic heterocycles. The molecule has 4 bridgehead atoms. The molecule has 24 heavy (non-hydrogen) atoms. The molecule has 5 heteroatoms. The molecule has 1 N–H and O–H groups in total. The smallest absolute Gasteiger partial charge is 0.253 e. The zero-order chi connectivity index (χ0) is 17.3. The zero-order valence-corrected chi connectivity index (χ0v) is 14.8. The Morgan fingerprint density at radius 2 is 1.67 bits per heavy atom. The monoisotopic (exact) mass is 353 g/mol. The van der Waals surface area contributed by atoms with Crippen molar-refractivity contribution in [2.24, 2.45) is 16.7 Å². The maximum atomic E-state index is 13.5. The van der Waals surface area contributed by atoms with Crippen LogP contribution < -0.4 is 5.32 Å². The molecule has 2 unspecified atom stereocenters. The first-order chi connectivity index (χ1) is 11.1. The number of hydrogen-bond donors (Lipinski definition) is 1. The number of nitrogens with one attached hydrogen (secondary N) is 1. The third-order valence-corrected chi connectivity index (χ3v) is 6.57. The van der Waals surface area contributed by atoms with Crippen LogP contribution in [0.5, 0.6) is 0 Å². The van der Waals surface area contributed by atoms with Gasteiger partial charge in [0.05, 0.1) is 10.6 Å². The number of benzene rings is 1. The third kappa shape index (κ3) is 2.54. The highest BCUT2D eigenvalue weighted by molar-refractivity contribution is 6.33. The quantitative estimate of drug-likeness (QED) is 0.736. The van der Waals surface area contributed by atoms with E-state index in [1.54, 1.807) is 0 Å². The lowest BCUT2D eigenvalue weighted by atomic mass is 9.43. The Balaban J connectivity index is 1.64. The first-order valence-electron chi connectivity index (χ1n) is 8.58. The summed E-state index contributed by atoms with van der Waals surface area (Å²) in [6, 6.07) is 1.77. The molecular formula is C19H22ClF2NO. The van der Waals surface area contributed by atoms with Crippen molar-refractivity contribution in [3.8, 4) is 0 Å². The van der Waals surface area contributed by atoms with E-state index in [-0.39, 0.29) is 27.0 Å². The highest BCUT2D eigenvalue weighted by Crippen LogP contribution is 2.66. The maximum absolute atomic E-state index is 13.5. The fourth-order valence-electron chi connectivity index (χ4n) is 6.59. The van der Waals surface area contributed by atoms with Crippen molar-refractivity contribution in [2.75, 3.05) is 0 Å². The van der Waals surface area contributed by atoms with Gasteiger partial charge >= 0.3 is 0 Å². The van der Waals surface area contributed by atoms with Crippen LogP contribution in [-0.4, -0.2) is 11.4 Å². The molecule has 1 amide bonds. The van der Waals surface area contributed by atoms with E-state index in [9.17, 15) is 13.6 Å². The number of carbonyl (C=O) groups excluding carboxylic acids is 1. The highest BCUT2D eigenvalue weighted by Gasteiger charge is 2.60. The van der Waals surface area contributed by atoms with Gasteiger partial charge in [-0.15, -0.1) is 0 Å². The molecule has 2 nitrogen and oxygen atoms in total. The Morgan fingerprint density at radius 3 is 2.25 bits per heavy atom. The second-order valence-electron chi connectivity index (χ2n) is 9.11. The van der Waals surface area contributed by atoms with Gasteiger partial charge in [-0.3, -0.25) is 4.79 Å². The molecule has 0 aromatic heterocycles. The number of amides is 1. The van der Waals surface area contributed by atoms with E-state index in [1.807, 2.05) is 0 Å². The maximum Gasteiger partial charge on any atom is 0.253 e. The van der Waals surface area contributed by atoms with Gasteiger partial charge in [-0.25, -0.2) is 8.78 Å². The second-order valence-corrected chi connectivity index (χ2v) is 9.52. The molecule has 0 spiro atoms. The summed E-state index contributed by atoms with van der Waals surface area (Å²) in [5.41, 5.74) is 0.300. The number of carbonyl (C=O) groups is 1. The van der Waals surface area contributed by atoms with E-state index in [2.05, 4.69) is 19.2 Å². The van der Waals surface area contributed by atoms with Gasteiger partial charge in [0, 0.05) is 5.54 Å². The van der Waals surface area contributed by atoms with Gasteiger partial charge in [0.25, 0.3) is 5.91 Å². The van der Waals surface area contributed by atoms with Gasteiger partial charge in [-0.05, 0) is 67.4 Å². The number of halogens is 3. The molecule has 130 valence electrons. The average molecular weight is 354 g/mol. The lowest BCUT2D eigenvalue weighted by Crippen LogP contribution is -2.65. The topological polar surface area (TPSA) is 29.1 Å². The van der Waals surface area contributed by atoms with Crippen LogP contribution in [0.4, 0.5) is 8.78 Å². The van der Waals surface area contributed by atoms with Gasteiger partial charge in [-0.2, -0.15) is 0 Å². The van der Waals surface area contributed by atoms with Crippen molar-refractivity contribution in [3.05, 3.63) is 34.4 Å². The SMILES string of the molecule is CC12CC3CC(C)(C1)CC(NC(=O)c1cc(F)c(F)cc1Cl)(C3)C2. The van der Waals surface area contributed by atoms with Crippen molar-refractivity contribution in [3.63, 3.8) is 0 Å². The molecule has 4 aliphatic carbocycles. The third-order valence-electron chi connectivity index (χ3n) is 6.26. The number of hydrogen-bond acceptors (Lipinski definition) is 1. The fourth-order valence-corrected chi connectivity index (χ4v) is 6.83. The second kappa shape index (κ2) is 4.94. The molecule has 2 atom stereocenters. The van der Waals surface area contributed by atoms with Crippen LogP contribution in [0.3, 0.4) is 0 Å². The Kier molecular flexibility index (Phi) is 3.36. The Hall–Kier alpha value is -1.16. The summed E-state index contributed by atoms with van der Waals surface area (Å²) in [7, 11) is 0. The molecule has 0 radical (unpaired) electrons. The highest BCUT2D eigenvalue weighted by atomic mass is 35.5. The van der Waals surface area contributed by atoms with E-state index in [0.29, 0.717) is 5.92 Å². The lowest BCUT2D eigenvalue weighted by molar-refractivity contribution is -0.114. The largest absolute Gasteiger partial charge is 0.347 e. The summed E-state index contributed by atoms with van der Waals surface area (Å²) in [6.07, 6.45) is 6.56. The minimum Gasteiger partial charge on any atom is -0.347 e. The molecule has 5 rings (SSSR count). The Morgan fingerprint density at radius 1 is 1.08 bits per heavy atom. The van der Waals surface area contributed by atoms with Gasteiger partial charge in [0.15, 0.2) is 11.6 Å². The van der Waals surface area contributed by atoms with E-state index < -0.39 is 17.5 Å². The Bertz CT molecular complexity index is 716. The minimum atomic E-state index is -1.05. The molecule has 1 aromatic carbocycles. The molecular weight excluding hydrogens is 332 g/mol. The average Bonchev–Trinajstić information content (AvgIpc) is 2.37.